The Balaban J connectivity index is 1.44. The van der Waals surface area contributed by atoms with E-state index in [1.165, 1.54) is 5.56 Å². The first-order chi connectivity index (χ1) is 15.6. The molecule has 0 saturated carbocycles. The van der Waals surface area contributed by atoms with Gasteiger partial charge >= 0.3 is 0 Å². The minimum Gasteiger partial charge on any atom is -0.357 e. The number of aryl methyl sites for hydroxylation is 1. The van der Waals surface area contributed by atoms with Gasteiger partial charge in [-0.25, -0.2) is 0 Å². The third-order valence-corrected chi connectivity index (χ3v) is 6.26. The third kappa shape index (κ3) is 7.23. The maximum Gasteiger partial charge on any atom is 0.250 e. The Bertz CT molecular complexity index is 908. The molecule has 1 aromatic heterocycles. The van der Waals surface area contributed by atoms with Crippen LogP contribution in [0.15, 0.2) is 58.3 Å². The molecular formula is C26H39N5O. The largest absolute Gasteiger partial charge is 0.357 e. The lowest BCUT2D eigenvalue weighted by Gasteiger charge is -2.38. The van der Waals surface area contributed by atoms with Crippen LogP contribution in [0.25, 0.3) is 0 Å². The first kappa shape index (κ1) is 24.1. The quantitative estimate of drug-likeness (QED) is 0.358. The van der Waals surface area contributed by atoms with Gasteiger partial charge in [0.05, 0.1) is 0 Å². The van der Waals surface area contributed by atoms with Gasteiger partial charge in [-0.2, -0.15) is 0 Å². The number of rotatable bonds is 9. The smallest absolute Gasteiger partial charge is 0.250 e. The fraction of sp³-hybridized carbons (Fsp3) is 0.538. The summed E-state index contributed by atoms with van der Waals surface area (Å²) in [6.07, 6.45) is 4.15. The predicted molar refractivity (Wildman–Crippen MR) is 133 cm³/mol. The summed E-state index contributed by atoms with van der Waals surface area (Å²) in [5.74, 6) is 0.911. The monoisotopic (exact) mass is 437 g/mol. The van der Waals surface area contributed by atoms with Crippen molar-refractivity contribution in [2.45, 2.75) is 71.6 Å². The number of benzene rings is 1. The maximum absolute atomic E-state index is 12.0. The van der Waals surface area contributed by atoms with Gasteiger partial charge in [-0.15, -0.1) is 0 Å². The molecule has 1 saturated heterocycles. The Morgan fingerprint density at radius 2 is 1.94 bits per heavy atom. The Hall–Kier alpha value is -2.60. The SMILES string of the molecule is CCNC(=NCCCCn1c(C)cccc1=O)NC1CCN(Cc2ccccc2)C(C)C1. The molecule has 1 fully saturated rings. The zero-order valence-corrected chi connectivity index (χ0v) is 19.9. The molecule has 1 aliphatic rings. The summed E-state index contributed by atoms with van der Waals surface area (Å²) in [5.41, 5.74) is 2.48. The van der Waals surface area contributed by atoms with E-state index in [2.05, 4.69) is 59.7 Å². The summed E-state index contributed by atoms with van der Waals surface area (Å²) in [7, 11) is 0. The minimum absolute atomic E-state index is 0.0798. The van der Waals surface area contributed by atoms with Gasteiger partial charge in [-0.05, 0) is 58.1 Å². The van der Waals surface area contributed by atoms with Gasteiger partial charge in [0.15, 0.2) is 5.96 Å². The zero-order chi connectivity index (χ0) is 22.8. The standard InChI is InChI=1S/C26H39N5O/c1-4-27-26(28-16-8-9-17-31-21(2)11-10-14-25(31)32)29-24-15-18-30(22(3)19-24)20-23-12-6-5-7-13-23/h5-7,10-14,22,24H,4,8-9,15-20H2,1-3H3,(H2,27,28,29). The van der Waals surface area contributed by atoms with Crippen molar-refractivity contribution in [3.8, 4) is 0 Å². The number of hydrogen-bond donors (Lipinski definition) is 2. The molecule has 2 heterocycles. The lowest BCUT2D eigenvalue weighted by atomic mass is 9.97. The molecule has 2 unspecified atom stereocenters. The van der Waals surface area contributed by atoms with Crippen molar-refractivity contribution in [2.75, 3.05) is 19.6 Å². The average Bonchev–Trinajstić information content (AvgIpc) is 2.78. The second-order valence-corrected chi connectivity index (χ2v) is 8.80. The summed E-state index contributed by atoms with van der Waals surface area (Å²) < 4.78 is 1.85. The summed E-state index contributed by atoms with van der Waals surface area (Å²) in [6.45, 7) is 10.9. The van der Waals surface area contributed by atoms with Gasteiger partial charge in [0.25, 0.3) is 5.56 Å². The molecule has 32 heavy (non-hydrogen) atoms. The second-order valence-electron chi connectivity index (χ2n) is 8.80. The van der Waals surface area contributed by atoms with Crippen molar-refractivity contribution in [1.29, 1.82) is 0 Å². The number of pyridine rings is 1. The Kier molecular flexibility index (Phi) is 9.35. The van der Waals surface area contributed by atoms with E-state index in [9.17, 15) is 4.79 Å². The molecule has 2 N–H and O–H groups in total. The molecule has 0 spiro atoms. The lowest BCUT2D eigenvalue weighted by Crippen LogP contribution is -2.51. The van der Waals surface area contributed by atoms with Gasteiger partial charge in [-0.3, -0.25) is 14.7 Å². The van der Waals surface area contributed by atoms with Crippen LogP contribution < -0.4 is 16.2 Å². The summed E-state index contributed by atoms with van der Waals surface area (Å²) in [6, 6.07) is 17.2. The van der Waals surface area contributed by atoms with Crippen molar-refractivity contribution in [3.63, 3.8) is 0 Å². The van der Waals surface area contributed by atoms with Crippen molar-refractivity contribution in [2.24, 2.45) is 4.99 Å². The van der Waals surface area contributed by atoms with Crippen molar-refractivity contribution in [1.82, 2.24) is 20.1 Å². The van der Waals surface area contributed by atoms with Crippen LogP contribution in [0.2, 0.25) is 0 Å². The zero-order valence-electron chi connectivity index (χ0n) is 19.9. The topological polar surface area (TPSA) is 61.7 Å². The number of aromatic nitrogens is 1. The Labute approximate surface area is 192 Å². The van der Waals surface area contributed by atoms with Crippen molar-refractivity contribution >= 4 is 5.96 Å². The van der Waals surface area contributed by atoms with Crippen LogP contribution in [0, 0.1) is 6.92 Å². The van der Waals surface area contributed by atoms with E-state index in [0.29, 0.717) is 12.1 Å². The first-order valence-electron chi connectivity index (χ1n) is 12.1. The molecule has 0 radical (unpaired) electrons. The van der Waals surface area contributed by atoms with Crippen LogP contribution in [0.3, 0.4) is 0 Å². The van der Waals surface area contributed by atoms with Crippen LogP contribution in [-0.4, -0.2) is 47.1 Å². The van der Waals surface area contributed by atoms with Crippen LogP contribution in [0.5, 0.6) is 0 Å². The molecule has 1 aromatic carbocycles. The summed E-state index contributed by atoms with van der Waals surface area (Å²) in [4.78, 5) is 19.3. The molecular weight excluding hydrogens is 398 g/mol. The molecule has 3 rings (SSSR count). The lowest BCUT2D eigenvalue weighted by molar-refractivity contribution is 0.134. The second kappa shape index (κ2) is 12.4. The summed E-state index contributed by atoms with van der Waals surface area (Å²) >= 11 is 0. The van der Waals surface area contributed by atoms with E-state index in [-0.39, 0.29) is 5.56 Å². The van der Waals surface area contributed by atoms with Crippen molar-refractivity contribution in [3.05, 3.63) is 70.1 Å². The van der Waals surface area contributed by atoms with E-state index in [0.717, 1.165) is 70.1 Å². The van der Waals surface area contributed by atoms with Gasteiger partial charge in [0.2, 0.25) is 0 Å². The van der Waals surface area contributed by atoms with E-state index >= 15 is 0 Å². The molecule has 174 valence electrons. The number of hydrogen-bond acceptors (Lipinski definition) is 3. The van der Waals surface area contributed by atoms with Gasteiger partial charge in [-0.1, -0.05) is 36.4 Å². The fourth-order valence-corrected chi connectivity index (χ4v) is 4.40. The highest BCUT2D eigenvalue weighted by Crippen LogP contribution is 2.20. The van der Waals surface area contributed by atoms with Crippen LogP contribution in [-0.2, 0) is 13.1 Å². The molecule has 0 bridgehead atoms. The van der Waals surface area contributed by atoms with Crippen LogP contribution in [0.4, 0.5) is 0 Å². The third-order valence-electron chi connectivity index (χ3n) is 6.26. The van der Waals surface area contributed by atoms with E-state index < -0.39 is 0 Å². The number of nitrogens with zero attached hydrogens (tertiary/aromatic N) is 3. The van der Waals surface area contributed by atoms with Crippen LogP contribution in [0.1, 0.15) is 50.8 Å². The normalized spacial score (nSPS) is 19.7. The number of nitrogens with one attached hydrogen (secondary N) is 2. The highest BCUT2D eigenvalue weighted by Gasteiger charge is 2.25. The van der Waals surface area contributed by atoms with Gasteiger partial charge in [0.1, 0.15) is 0 Å². The molecule has 2 aromatic rings. The Morgan fingerprint density at radius 1 is 1.12 bits per heavy atom. The van der Waals surface area contributed by atoms with E-state index in [4.69, 9.17) is 4.99 Å². The molecule has 2 atom stereocenters. The number of unbranched alkanes of at least 4 members (excludes halogenated alkanes) is 1. The fourth-order valence-electron chi connectivity index (χ4n) is 4.40. The van der Waals surface area contributed by atoms with E-state index in [1.54, 1.807) is 6.07 Å². The number of piperidine rings is 1. The highest BCUT2D eigenvalue weighted by molar-refractivity contribution is 5.80. The first-order valence-corrected chi connectivity index (χ1v) is 12.1. The van der Waals surface area contributed by atoms with Gasteiger partial charge < -0.3 is 15.2 Å². The Morgan fingerprint density at radius 3 is 2.66 bits per heavy atom. The molecule has 0 aliphatic carbocycles. The molecule has 6 nitrogen and oxygen atoms in total. The summed E-state index contributed by atoms with van der Waals surface area (Å²) in [5, 5.41) is 7.05. The van der Waals surface area contributed by atoms with Crippen LogP contribution >= 0.6 is 0 Å². The van der Waals surface area contributed by atoms with Crippen molar-refractivity contribution < 1.29 is 0 Å². The molecule has 0 amide bonds. The number of likely N-dealkylation sites (tertiary alicyclic amines) is 1. The maximum atomic E-state index is 12.0. The van der Waals surface area contributed by atoms with E-state index in [1.807, 2.05) is 23.6 Å². The number of aliphatic imine (C=N–C) groups is 1. The molecule has 6 heteroatoms. The average molecular weight is 438 g/mol. The van der Waals surface area contributed by atoms with Gasteiger partial charge in [0, 0.05) is 56.6 Å². The predicted octanol–water partition coefficient (Wildman–Crippen LogP) is 3.55. The number of guanidine groups is 1. The molecule has 1 aliphatic heterocycles. The minimum atomic E-state index is 0.0798. The highest BCUT2D eigenvalue weighted by atomic mass is 16.1.